The number of nitrogen functional groups attached to an aromatic ring is 1. The number of para-hydroxylation sites is 2. The quantitative estimate of drug-likeness (QED) is 0.852. The van der Waals surface area contributed by atoms with Gasteiger partial charge in [0.2, 0.25) is 0 Å². The second-order valence-electron chi connectivity index (χ2n) is 3.80. The van der Waals surface area contributed by atoms with Gasteiger partial charge in [-0.25, -0.2) is 4.98 Å². The number of fused-ring (bicyclic) bond motifs is 1. The second-order valence-corrected chi connectivity index (χ2v) is 3.80. The molecule has 0 saturated heterocycles. The number of hydrogen-bond donors (Lipinski definition) is 1. The summed E-state index contributed by atoms with van der Waals surface area (Å²) in [7, 11) is 0. The number of benzene rings is 1. The van der Waals surface area contributed by atoms with Crippen molar-refractivity contribution in [3.8, 4) is 0 Å². The lowest BCUT2D eigenvalue weighted by Gasteiger charge is -2.09. The maximum atomic E-state index is 11.9. The minimum absolute atomic E-state index is 0.0785. The third kappa shape index (κ3) is 1.78. The highest BCUT2D eigenvalue weighted by Gasteiger charge is 2.06. The Hall–Kier alpha value is -1.84. The molecule has 2 rings (SSSR count). The fraction of sp³-hybridized carbons (Fsp3) is 0.333. The fourth-order valence-electron chi connectivity index (χ4n) is 1.75. The molecule has 84 valence electrons. The molecule has 0 saturated carbocycles. The number of hydrogen-bond acceptors (Lipinski definition) is 3. The van der Waals surface area contributed by atoms with Gasteiger partial charge in [0.15, 0.2) is 5.82 Å². The van der Waals surface area contributed by atoms with E-state index in [1.54, 1.807) is 4.57 Å². The number of nitrogens with two attached hydrogens (primary N) is 1. The van der Waals surface area contributed by atoms with Crippen molar-refractivity contribution in [2.45, 2.75) is 26.3 Å². The van der Waals surface area contributed by atoms with Crippen molar-refractivity contribution < 1.29 is 0 Å². The number of unbranched alkanes of at least 4 members (excludes halogenated alkanes) is 1. The molecule has 0 atom stereocenters. The Bertz CT molecular complexity index is 560. The van der Waals surface area contributed by atoms with Crippen molar-refractivity contribution in [1.82, 2.24) is 9.55 Å². The molecule has 2 N–H and O–H groups in total. The van der Waals surface area contributed by atoms with Crippen LogP contribution in [-0.4, -0.2) is 9.55 Å². The molecule has 0 spiro atoms. The molecule has 16 heavy (non-hydrogen) atoms. The zero-order valence-electron chi connectivity index (χ0n) is 9.31. The Morgan fingerprint density at radius 1 is 1.38 bits per heavy atom. The third-order valence-electron chi connectivity index (χ3n) is 2.61. The zero-order valence-corrected chi connectivity index (χ0v) is 9.31. The monoisotopic (exact) mass is 217 g/mol. The van der Waals surface area contributed by atoms with Crippen LogP contribution in [0.1, 0.15) is 19.8 Å². The van der Waals surface area contributed by atoms with E-state index in [1.165, 1.54) is 0 Å². The van der Waals surface area contributed by atoms with Crippen molar-refractivity contribution >= 4 is 16.9 Å². The van der Waals surface area contributed by atoms with Gasteiger partial charge >= 0.3 is 0 Å². The molecule has 4 nitrogen and oxygen atoms in total. The number of aromatic nitrogens is 2. The normalized spacial score (nSPS) is 10.8. The van der Waals surface area contributed by atoms with Crippen LogP contribution in [0.15, 0.2) is 29.1 Å². The average molecular weight is 217 g/mol. The van der Waals surface area contributed by atoms with E-state index in [9.17, 15) is 4.79 Å². The first-order chi connectivity index (χ1) is 7.74. The van der Waals surface area contributed by atoms with Gasteiger partial charge in [-0.15, -0.1) is 0 Å². The van der Waals surface area contributed by atoms with E-state index in [0.29, 0.717) is 6.54 Å². The fourth-order valence-corrected chi connectivity index (χ4v) is 1.75. The molecule has 1 heterocycles. The van der Waals surface area contributed by atoms with Gasteiger partial charge in [0.05, 0.1) is 11.0 Å². The topological polar surface area (TPSA) is 60.9 Å². The van der Waals surface area contributed by atoms with E-state index in [4.69, 9.17) is 5.73 Å². The van der Waals surface area contributed by atoms with Crippen LogP contribution in [-0.2, 0) is 6.54 Å². The molecule has 2 aromatic rings. The molecule has 0 radical (unpaired) electrons. The molecule has 1 aromatic carbocycles. The minimum Gasteiger partial charge on any atom is -0.379 e. The molecule has 0 bridgehead atoms. The van der Waals surface area contributed by atoms with Crippen LogP contribution in [0.2, 0.25) is 0 Å². The van der Waals surface area contributed by atoms with E-state index < -0.39 is 0 Å². The van der Waals surface area contributed by atoms with Crippen LogP contribution in [0.3, 0.4) is 0 Å². The van der Waals surface area contributed by atoms with Crippen LogP contribution < -0.4 is 11.3 Å². The highest BCUT2D eigenvalue weighted by molar-refractivity contribution is 5.75. The number of rotatable bonds is 3. The molecule has 0 aliphatic carbocycles. The Balaban J connectivity index is 2.66. The Morgan fingerprint density at radius 3 is 2.88 bits per heavy atom. The SMILES string of the molecule is CCCCn1c(=O)c(N)nc2ccccc21. The van der Waals surface area contributed by atoms with Crippen LogP contribution >= 0.6 is 0 Å². The molecule has 0 fully saturated rings. The van der Waals surface area contributed by atoms with E-state index in [-0.39, 0.29) is 11.4 Å². The number of anilines is 1. The van der Waals surface area contributed by atoms with Gasteiger partial charge in [0.25, 0.3) is 5.56 Å². The lowest BCUT2D eigenvalue weighted by atomic mass is 10.2. The summed E-state index contributed by atoms with van der Waals surface area (Å²) in [5, 5.41) is 0. The summed E-state index contributed by atoms with van der Waals surface area (Å²) in [5.74, 6) is 0.0785. The zero-order chi connectivity index (χ0) is 11.5. The lowest BCUT2D eigenvalue weighted by Crippen LogP contribution is -2.24. The van der Waals surface area contributed by atoms with Crippen molar-refractivity contribution in [3.05, 3.63) is 34.6 Å². The molecule has 1 aromatic heterocycles. The summed E-state index contributed by atoms with van der Waals surface area (Å²) in [6.45, 7) is 2.79. The largest absolute Gasteiger partial charge is 0.379 e. The van der Waals surface area contributed by atoms with Crippen LogP contribution in [0, 0.1) is 0 Å². The van der Waals surface area contributed by atoms with Crippen LogP contribution in [0.5, 0.6) is 0 Å². The standard InChI is InChI=1S/C12H15N3O/c1-2-3-8-15-10-7-5-4-6-9(10)14-11(13)12(15)16/h4-7H,2-3,8H2,1H3,(H2,13,14). The number of nitrogens with zero attached hydrogens (tertiary/aromatic N) is 2. The Kier molecular flexibility index (Phi) is 2.90. The van der Waals surface area contributed by atoms with Crippen molar-refractivity contribution in [1.29, 1.82) is 0 Å². The van der Waals surface area contributed by atoms with Crippen LogP contribution in [0.25, 0.3) is 11.0 Å². The first kappa shape index (κ1) is 10.7. The van der Waals surface area contributed by atoms with Crippen molar-refractivity contribution in [2.75, 3.05) is 5.73 Å². The lowest BCUT2D eigenvalue weighted by molar-refractivity contribution is 0.631. The van der Waals surface area contributed by atoms with E-state index in [0.717, 1.165) is 23.9 Å². The summed E-state index contributed by atoms with van der Waals surface area (Å²) in [4.78, 5) is 16.0. The summed E-state index contributed by atoms with van der Waals surface area (Å²) < 4.78 is 1.71. The summed E-state index contributed by atoms with van der Waals surface area (Å²) in [6.07, 6.45) is 2.01. The van der Waals surface area contributed by atoms with Gasteiger partial charge in [0, 0.05) is 6.54 Å². The highest BCUT2D eigenvalue weighted by Crippen LogP contribution is 2.11. The molecule has 0 aliphatic heterocycles. The van der Waals surface area contributed by atoms with Gasteiger partial charge in [-0.3, -0.25) is 4.79 Å². The molecular weight excluding hydrogens is 202 g/mol. The van der Waals surface area contributed by atoms with E-state index >= 15 is 0 Å². The van der Waals surface area contributed by atoms with Gasteiger partial charge in [-0.1, -0.05) is 25.5 Å². The predicted molar refractivity (Wildman–Crippen MR) is 65.3 cm³/mol. The summed E-state index contributed by atoms with van der Waals surface area (Å²) >= 11 is 0. The molecule has 4 heteroatoms. The first-order valence-corrected chi connectivity index (χ1v) is 5.49. The second kappa shape index (κ2) is 4.35. The predicted octanol–water partition coefficient (Wildman–Crippen LogP) is 1.78. The van der Waals surface area contributed by atoms with Crippen LogP contribution in [0.4, 0.5) is 5.82 Å². The Morgan fingerprint density at radius 2 is 2.12 bits per heavy atom. The van der Waals surface area contributed by atoms with Crippen molar-refractivity contribution in [2.24, 2.45) is 0 Å². The molecule has 0 aliphatic rings. The summed E-state index contributed by atoms with van der Waals surface area (Å²) in [6, 6.07) is 7.57. The number of aryl methyl sites for hydroxylation is 1. The summed E-state index contributed by atoms with van der Waals surface area (Å²) in [5.41, 5.74) is 7.06. The van der Waals surface area contributed by atoms with Gasteiger partial charge in [-0.2, -0.15) is 0 Å². The van der Waals surface area contributed by atoms with E-state index in [2.05, 4.69) is 11.9 Å². The van der Waals surface area contributed by atoms with E-state index in [1.807, 2.05) is 24.3 Å². The third-order valence-corrected chi connectivity index (χ3v) is 2.61. The highest BCUT2D eigenvalue weighted by atomic mass is 16.1. The smallest absolute Gasteiger partial charge is 0.293 e. The van der Waals surface area contributed by atoms with Gasteiger partial charge < -0.3 is 10.3 Å². The molecule has 0 unspecified atom stereocenters. The van der Waals surface area contributed by atoms with Crippen molar-refractivity contribution in [3.63, 3.8) is 0 Å². The average Bonchev–Trinajstić information content (AvgIpc) is 2.30. The Labute approximate surface area is 93.7 Å². The maximum absolute atomic E-state index is 11.9. The van der Waals surface area contributed by atoms with Gasteiger partial charge in [0.1, 0.15) is 0 Å². The first-order valence-electron chi connectivity index (χ1n) is 5.49. The van der Waals surface area contributed by atoms with Gasteiger partial charge in [-0.05, 0) is 18.6 Å². The molecule has 0 amide bonds. The minimum atomic E-state index is -0.188. The molecular formula is C12H15N3O. The maximum Gasteiger partial charge on any atom is 0.293 e.